The number of benzene rings is 2. The van der Waals surface area contributed by atoms with Crippen LogP contribution in [0.15, 0.2) is 60.9 Å². The zero-order chi connectivity index (χ0) is 23.6. The summed E-state index contributed by atoms with van der Waals surface area (Å²) in [6.07, 6.45) is -1.78. The Bertz CT molecular complexity index is 1320. The summed E-state index contributed by atoms with van der Waals surface area (Å²) in [5.41, 5.74) is 2.16. The standard InChI is InChI=1S/C22H15F3N4O3S/c1-12-5-6-14(28-19(30)13-3-2-4-15(9-13)32-22(23,24)25)10-16(12)29-20(31)18-11-17-21(33-18)27-8-7-26-17/h2-11H,1H3,(H,28,30)(H,29,31). The number of carbonyl (C=O) groups excluding carboxylic acids is 2. The Morgan fingerprint density at radius 1 is 0.970 bits per heavy atom. The first-order valence-corrected chi connectivity index (χ1v) is 10.3. The first-order chi connectivity index (χ1) is 15.7. The number of hydrogen-bond donors (Lipinski definition) is 2. The van der Waals surface area contributed by atoms with Crippen molar-refractivity contribution >= 4 is 44.9 Å². The molecule has 7 nitrogen and oxygen atoms in total. The second-order valence-corrected chi connectivity index (χ2v) is 7.90. The molecule has 0 aliphatic heterocycles. The average molecular weight is 472 g/mol. The van der Waals surface area contributed by atoms with E-state index in [4.69, 9.17) is 0 Å². The Hall–Kier alpha value is -3.99. The molecule has 2 amide bonds. The van der Waals surface area contributed by atoms with E-state index in [1.54, 1.807) is 37.4 Å². The van der Waals surface area contributed by atoms with E-state index in [0.717, 1.165) is 17.7 Å². The van der Waals surface area contributed by atoms with Crippen molar-refractivity contribution in [3.8, 4) is 5.75 Å². The van der Waals surface area contributed by atoms with Gasteiger partial charge in [-0.3, -0.25) is 14.6 Å². The Balaban J connectivity index is 1.49. The lowest BCUT2D eigenvalue weighted by atomic mass is 10.1. The first kappa shape index (κ1) is 22.2. The fraction of sp³-hybridized carbons (Fsp3) is 0.0909. The topological polar surface area (TPSA) is 93.2 Å². The number of hydrogen-bond acceptors (Lipinski definition) is 6. The van der Waals surface area contributed by atoms with Gasteiger partial charge in [0.25, 0.3) is 11.8 Å². The molecule has 0 aliphatic rings. The van der Waals surface area contributed by atoms with Crippen LogP contribution in [0.5, 0.6) is 5.75 Å². The smallest absolute Gasteiger partial charge is 0.406 e. The SMILES string of the molecule is Cc1ccc(NC(=O)c2cccc(OC(F)(F)F)c2)cc1NC(=O)c1cc2nccnc2s1. The molecule has 4 rings (SSSR count). The molecule has 2 aromatic heterocycles. The third-order valence-corrected chi connectivity index (χ3v) is 5.49. The lowest BCUT2D eigenvalue weighted by Gasteiger charge is -2.12. The number of aryl methyl sites for hydroxylation is 1. The molecule has 2 N–H and O–H groups in total. The van der Waals surface area contributed by atoms with Crippen LogP contribution in [0, 0.1) is 6.92 Å². The molecular weight excluding hydrogens is 457 g/mol. The number of nitrogens with zero attached hydrogens (tertiary/aromatic N) is 2. The molecule has 11 heteroatoms. The number of alkyl halides is 3. The van der Waals surface area contributed by atoms with E-state index in [0.29, 0.717) is 26.6 Å². The van der Waals surface area contributed by atoms with E-state index in [9.17, 15) is 22.8 Å². The molecule has 0 fully saturated rings. The van der Waals surface area contributed by atoms with Gasteiger partial charge in [-0.25, -0.2) is 4.98 Å². The van der Waals surface area contributed by atoms with E-state index in [1.807, 2.05) is 0 Å². The molecule has 0 bridgehead atoms. The minimum Gasteiger partial charge on any atom is -0.406 e. The minimum atomic E-state index is -4.86. The van der Waals surface area contributed by atoms with Crippen molar-refractivity contribution < 1.29 is 27.5 Å². The normalized spacial score (nSPS) is 11.3. The van der Waals surface area contributed by atoms with Gasteiger partial charge < -0.3 is 15.4 Å². The molecule has 0 saturated heterocycles. The molecule has 0 radical (unpaired) electrons. The van der Waals surface area contributed by atoms with Gasteiger partial charge in [-0.05, 0) is 48.9 Å². The molecule has 0 atom stereocenters. The second-order valence-electron chi connectivity index (χ2n) is 6.87. The van der Waals surface area contributed by atoms with E-state index < -0.39 is 18.0 Å². The van der Waals surface area contributed by atoms with E-state index in [2.05, 4.69) is 25.3 Å². The van der Waals surface area contributed by atoms with E-state index in [-0.39, 0.29) is 11.5 Å². The number of anilines is 2. The number of carbonyl (C=O) groups is 2. The van der Waals surface area contributed by atoms with Gasteiger partial charge in [0, 0.05) is 29.3 Å². The Labute approximate surface area is 189 Å². The largest absolute Gasteiger partial charge is 0.573 e. The summed E-state index contributed by atoms with van der Waals surface area (Å²) in [6.45, 7) is 1.78. The van der Waals surface area contributed by atoms with Crippen LogP contribution in [0.2, 0.25) is 0 Å². The summed E-state index contributed by atoms with van der Waals surface area (Å²) in [5.74, 6) is -1.49. The Kier molecular flexibility index (Phi) is 5.97. The zero-order valence-electron chi connectivity index (χ0n) is 16.9. The van der Waals surface area contributed by atoms with Crippen molar-refractivity contribution in [1.29, 1.82) is 0 Å². The van der Waals surface area contributed by atoms with Crippen LogP contribution in [0.3, 0.4) is 0 Å². The summed E-state index contributed by atoms with van der Waals surface area (Å²) >= 11 is 1.20. The predicted molar refractivity (Wildman–Crippen MR) is 118 cm³/mol. The van der Waals surface area contributed by atoms with Gasteiger partial charge in [0.05, 0.1) is 4.88 Å². The van der Waals surface area contributed by atoms with Crippen LogP contribution in [-0.4, -0.2) is 28.1 Å². The quantitative estimate of drug-likeness (QED) is 0.406. The third kappa shape index (κ3) is 5.44. The lowest BCUT2D eigenvalue weighted by molar-refractivity contribution is -0.274. The minimum absolute atomic E-state index is 0.0202. The summed E-state index contributed by atoms with van der Waals surface area (Å²) < 4.78 is 41.1. The van der Waals surface area contributed by atoms with Crippen molar-refractivity contribution in [2.75, 3.05) is 10.6 Å². The Morgan fingerprint density at radius 3 is 2.52 bits per heavy atom. The molecule has 168 valence electrons. The maximum atomic E-state index is 12.7. The summed E-state index contributed by atoms with van der Waals surface area (Å²) in [5, 5.41) is 5.40. The average Bonchev–Trinajstić information content (AvgIpc) is 3.19. The molecule has 2 aromatic carbocycles. The van der Waals surface area contributed by atoms with E-state index >= 15 is 0 Å². The van der Waals surface area contributed by atoms with E-state index in [1.165, 1.54) is 29.7 Å². The maximum Gasteiger partial charge on any atom is 0.573 e. The van der Waals surface area contributed by atoms with Crippen molar-refractivity contribution in [3.05, 3.63) is 76.9 Å². The summed E-state index contributed by atoms with van der Waals surface area (Å²) in [7, 11) is 0. The molecular formula is C22H15F3N4O3S. The highest BCUT2D eigenvalue weighted by Crippen LogP contribution is 2.26. The van der Waals surface area contributed by atoms with Crippen LogP contribution in [0.25, 0.3) is 10.3 Å². The molecule has 0 aliphatic carbocycles. The van der Waals surface area contributed by atoms with Gasteiger partial charge in [-0.15, -0.1) is 24.5 Å². The molecule has 0 unspecified atom stereocenters. The van der Waals surface area contributed by atoms with Crippen LogP contribution < -0.4 is 15.4 Å². The highest BCUT2D eigenvalue weighted by Gasteiger charge is 2.31. The zero-order valence-corrected chi connectivity index (χ0v) is 17.8. The molecule has 4 aromatic rings. The van der Waals surface area contributed by atoms with Gasteiger partial charge in [0.2, 0.25) is 0 Å². The molecule has 33 heavy (non-hydrogen) atoms. The highest BCUT2D eigenvalue weighted by molar-refractivity contribution is 7.20. The van der Waals surface area contributed by atoms with Crippen molar-refractivity contribution in [2.24, 2.45) is 0 Å². The fourth-order valence-corrected chi connectivity index (χ4v) is 3.79. The number of amides is 2. The van der Waals surface area contributed by atoms with Crippen LogP contribution in [-0.2, 0) is 0 Å². The number of halogens is 3. The van der Waals surface area contributed by atoms with Crippen LogP contribution >= 0.6 is 11.3 Å². The van der Waals surface area contributed by atoms with Crippen LogP contribution in [0.1, 0.15) is 25.6 Å². The van der Waals surface area contributed by atoms with Crippen molar-refractivity contribution in [3.63, 3.8) is 0 Å². The number of thiophene rings is 1. The Morgan fingerprint density at radius 2 is 1.76 bits per heavy atom. The van der Waals surface area contributed by atoms with Gasteiger partial charge >= 0.3 is 6.36 Å². The summed E-state index contributed by atoms with van der Waals surface area (Å²) in [4.78, 5) is 34.6. The van der Waals surface area contributed by atoms with Gasteiger partial charge in [0.15, 0.2) is 0 Å². The number of fused-ring (bicyclic) bond motifs is 1. The fourth-order valence-electron chi connectivity index (χ4n) is 2.94. The molecule has 2 heterocycles. The number of aromatic nitrogens is 2. The van der Waals surface area contributed by atoms with Gasteiger partial charge in [-0.1, -0.05) is 12.1 Å². The number of nitrogens with one attached hydrogen (secondary N) is 2. The highest BCUT2D eigenvalue weighted by atomic mass is 32.1. The number of rotatable bonds is 5. The second kappa shape index (κ2) is 8.87. The predicted octanol–water partition coefficient (Wildman–Crippen LogP) is 5.40. The molecule has 0 spiro atoms. The van der Waals surface area contributed by atoms with Gasteiger partial charge in [-0.2, -0.15) is 0 Å². The first-order valence-electron chi connectivity index (χ1n) is 9.48. The van der Waals surface area contributed by atoms with Gasteiger partial charge in [0.1, 0.15) is 16.1 Å². The summed E-state index contributed by atoms with van der Waals surface area (Å²) in [6, 6.07) is 11.2. The molecule has 0 saturated carbocycles. The maximum absolute atomic E-state index is 12.7. The lowest BCUT2D eigenvalue weighted by Crippen LogP contribution is -2.18. The van der Waals surface area contributed by atoms with Crippen molar-refractivity contribution in [1.82, 2.24) is 9.97 Å². The van der Waals surface area contributed by atoms with Crippen LogP contribution in [0.4, 0.5) is 24.5 Å². The third-order valence-electron chi connectivity index (χ3n) is 4.46. The number of ether oxygens (including phenoxy) is 1. The monoisotopic (exact) mass is 472 g/mol. The van der Waals surface area contributed by atoms with Crippen molar-refractivity contribution in [2.45, 2.75) is 13.3 Å².